The van der Waals surface area contributed by atoms with Gasteiger partial charge in [-0.3, -0.25) is 0 Å². The van der Waals surface area contributed by atoms with Crippen LogP contribution < -0.4 is 0 Å². The molecule has 0 aliphatic carbocycles. The molecule has 1 nitrogen and oxygen atoms in total. The standard InChI is InChI=1S/C15H36NSi2/c1-8-15-16(17(9-2,10-3)11-4)18(12-5,13-6)14-7/h15H,8-14H2,1-7H3. The van der Waals surface area contributed by atoms with E-state index in [1.807, 2.05) is 0 Å². The lowest BCUT2D eigenvalue weighted by molar-refractivity contribution is 0.651. The third-order valence-electron chi connectivity index (χ3n) is 5.34. The molecule has 0 aliphatic rings. The summed E-state index contributed by atoms with van der Waals surface area (Å²) in [6.45, 7) is 19.6. The summed E-state index contributed by atoms with van der Waals surface area (Å²) in [5, 5.41) is 0. The Kier molecular flexibility index (Phi) is 8.73. The highest BCUT2D eigenvalue weighted by Crippen LogP contribution is 2.37. The predicted octanol–water partition coefficient (Wildman–Crippen LogP) is 5.87. The van der Waals surface area contributed by atoms with E-state index in [1.54, 1.807) is 0 Å². The van der Waals surface area contributed by atoms with Gasteiger partial charge in [0, 0.05) is 6.54 Å². The summed E-state index contributed by atoms with van der Waals surface area (Å²) < 4.78 is 3.04. The smallest absolute Gasteiger partial charge is 0.121 e. The number of hydrogen-bond acceptors (Lipinski definition) is 1. The van der Waals surface area contributed by atoms with Crippen LogP contribution in [0.25, 0.3) is 0 Å². The molecule has 1 radical (unpaired) electrons. The van der Waals surface area contributed by atoms with Crippen LogP contribution in [0, 0.1) is 6.54 Å². The van der Waals surface area contributed by atoms with Crippen LogP contribution in [0.4, 0.5) is 0 Å². The van der Waals surface area contributed by atoms with E-state index in [-0.39, 0.29) is 0 Å². The average molecular weight is 287 g/mol. The Bertz CT molecular complexity index is 174. The predicted molar refractivity (Wildman–Crippen MR) is 90.8 cm³/mol. The number of nitrogens with zero attached hydrogens (tertiary/aromatic N) is 1. The topological polar surface area (TPSA) is 3.24 Å². The molecule has 3 heteroatoms. The van der Waals surface area contributed by atoms with Crippen LogP contribution in [0.15, 0.2) is 0 Å². The van der Waals surface area contributed by atoms with Crippen molar-refractivity contribution in [3.05, 3.63) is 6.54 Å². The second-order valence-electron chi connectivity index (χ2n) is 5.53. The largest absolute Gasteiger partial charge is 0.341 e. The first-order valence-corrected chi connectivity index (χ1v) is 13.3. The molecular weight excluding hydrogens is 250 g/mol. The van der Waals surface area contributed by atoms with Gasteiger partial charge in [-0.1, -0.05) is 48.5 Å². The SMILES string of the molecule is CC[CH]N([Si](CC)(CC)CC)[Si](CC)(CC)CC. The normalized spacial score (nSPS) is 13.3. The van der Waals surface area contributed by atoms with E-state index >= 15 is 0 Å². The van der Waals surface area contributed by atoms with Gasteiger partial charge in [-0.25, -0.2) is 0 Å². The Morgan fingerprint density at radius 2 is 0.889 bits per heavy atom. The molecule has 0 aromatic rings. The molecule has 109 valence electrons. The van der Waals surface area contributed by atoms with Crippen molar-refractivity contribution >= 4 is 16.5 Å². The third kappa shape index (κ3) is 3.48. The number of rotatable bonds is 10. The molecule has 0 spiro atoms. The summed E-state index contributed by atoms with van der Waals surface area (Å²) in [7, 11) is -2.45. The summed E-state index contributed by atoms with van der Waals surface area (Å²) in [6, 6.07) is 8.53. The summed E-state index contributed by atoms with van der Waals surface area (Å²) in [6.07, 6.45) is 1.21. The van der Waals surface area contributed by atoms with E-state index in [4.69, 9.17) is 0 Å². The quantitative estimate of drug-likeness (QED) is 0.454. The highest BCUT2D eigenvalue weighted by molar-refractivity contribution is 6.93. The molecule has 0 atom stereocenters. The highest BCUT2D eigenvalue weighted by atomic mass is 28.4. The zero-order valence-corrected chi connectivity index (χ0v) is 16.0. The van der Waals surface area contributed by atoms with Crippen molar-refractivity contribution < 1.29 is 0 Å². The van der Waals surface area contributed by atoms with Gasteiger partial charge in [0.25, 0.3) is 0 Å². The van der Waals surface area contributed by atoms with Gasteiger partial charge in [-0.2, -0.15) is 0 Å². The molecular formula is C15H36NSi2. The number of hydrogen-bond donors (Lipinski definition) is 0. The minimum absolute atomic E-state index is 1.21. The summed E-state index contributed by atoms with van der Waals surface area (Å²) in [4.78, 5) is 0. The highest BCUT2D eigenvalue weighted by Gasteiger charge is 2.45. The lowest BCUT2D eigenvalue weighted by Gasteiger charge is -2.52. The van der Waals surface area contributed by atoms with E-state index < -0.39 is 16.5 Å². The molecule has 0 fully saturated rings. The molecule has 0 saturated heterocycles. The van der Waals surface area contributed by atoms with E-state index in [1.165, 1.54) is 42.7 Å². The lowest BCUT2D eigenvalue weighted by Crippen LogP contribution is -2.64. The van der Waals surface area contributed by atoms with Crippen LogP contribution in [0.1, 0.15) is 54.9 Å². The van der Waals surface area contributed by atoms with E-state index in [0.717, 1.165) is 0 Å². The van der Waals surface area contributed by atoms with Crippen LogP contribution in [-0.4, -0.2) is 20.7 Å². The molecule has 0 rings (SSSR count). The van der Waals surface area contributed by atoms with Crippen LogP contribution >= 0.6 is 0 Å². The Hall–Kier alpha value is 0.394. The maximum Gasteiger partial charge on any atom is 0.121 e. The van der Waals surface area contributed by atoms with E-state index in [2.05, 4.69) is 59.2 Å². The fraction of sp³-hybridized carbons (Fsp3) is 0.933. The Morgan fingerprint density at radius 3 is 1.06 bits per heavy atom. The molecule has 0 heterocycles. The Labute approximate surface area is 119 Å². The maximum atomic E-state index is 3.04. The summed E-state index contributed by atoms with van der Waals surface area (Å²) >= 11 is 0. The van der Waals surface area contributed by atoms with Crippen LogP contribution in [0.2, 0.25) is 36.3 Å². The lowest BCUT2D eigenvalue weighted by atomic mass is 10.5. The van der Waals surface area contributed by atoms with Crippen LogP contribution in [-0.2, 0) is 0 Å². The molecule has 0 saturated carbocycles. The average Bonchev–Trinajstić information content (AvgIpc) is 2.44. The van der Waals surface area contributed by atoms with E-state index in [0.29, 0.717) is 0 Å². The Morgan fingerprint density at radius 1 is 0.611 bits per heavy atom. The zero-order valence-electron chi connectivity index (χ0n) is 14.0. The molecule has 0 aromatic carbocycles. The molecule has 0 amide bonds. The van der Waals surface area contributed by atoms with Crippen LogP contribution in [0.3, 0.4) is 0 Å². The molecule has 18 heavy (non-hydrogen) atoms. The van der Waals surface area contributed by atoms with Crippen molar-refractivity contribution in [3.63, 3.8) is 0 Å². The van der Waals surface area contributed by atoms with Crippen molar-refractivity contribution in [2.24, 2.45) is 0 Å². The van der Waals surface area contributed by atoms with Gasteiger partial charge in [-0.05, 0) is 42.7 Å². The molecule has 0 aliphatic heterocycles. The summed E-state index contributed by atoms with van der Waals surface area (Å²) in [5.74, 6) is 0. The van der Waals surface area contributed by atoms with Gasteiger partial charge >= 0.3 is 0 Å². The van der Waals surface area contributed by atoms with Gasteiger partial charge in [-0.15, -0.1) is 0 Å². The second-order valence-corrected chi connectivity index (χ2v) is 16.1. The van der Waals surface area contributed by atoms with Gasteiger partial charge < -0.3 is 4.23 Å². The van der Waals surface area contributed by atoms with Crippen molar-refractivity contribution in [2.45, 2.75) is 91.2 Å². The van der Waals surface area contributed by atoms with Gasteiger partial charge in [0.15, 0.2) is 0 Å². The fourth-order valence-corrected chi connectivity index (χ4v) is 16.6. The first-order chi connectivity index (χ1) is 8.56. The summed E-state index contributed by atoms with van der Waals surface area (Å²) in [5.41, 5.74) is 0. The van der Waals surface area contributed by atoms with Crippen LogP contribution in [0.5, 0.6) is 0 Å². The second kappa shape index (κ2) is 8.54. The van der Waals surface area contributed by atoms with Crippen molar-refractivity contribution in [1.29, 1.82) is 0 Å². The van der Waals surface area contributed by atoms with Crippen molar-refractivity contribution in [3.8, 4) is 0 Å². The molecule has 0 N–H and O–H groups in total. The third-order valence-corrected chi connectivity index (χ3v) is 18.5. The van der Waals surface area contributed by atoms with Gasteiger partial charge in [0.1, 0.15) is 16.5 Å². The monoisotopic (exact) mass is 286 g/mol. The van der Waals surface area contributed by atoms with E-state index in [9.17, 15) is 0 Å². The van der Waals surface area contributed by atoms with Crippen molar-refractivity contribution in [1.82, 2.24) is 4.23 Å². The first-order valence-electron chi connectivity index (χ1n) is 8.18. The maximum absolute atomic E-state index is 3.04. The first kappa shape index (κ1) is 18.4. The molecule has 0 aromatic heterocycles. The molecule has 0 bridgehead atoms. The van der Waals surface area contributed by atoms with Crippen molar-refractivity contribution in [2.75, 3.05) is 0 Å². The minimum Gasteiger partial charge on any atom is -0.341 e. The van der Waals surface area contributed by atoms with Gasteiger partial charge in [0.05, 0.1) is 0 Å². The minimum atomic E-state index is -1.23. The Balaban J connectivity index is 5.49. The fourth-order valence-electron chi connectivity index (χ4n) is 3.60. The molecule has 0 unspecified atom stereocenters. The van der Waals surface area contributed by atoms with Gasteiger partial charge in [0.2, 0.25) is 0 Å². The zero-order chi connectivity index (χ0) is 14.2.